The third kappa shape index (κ3) is 4.47. The molecule has 166 valence electrons. The molecule has 1 saturated carbocycles. The first kappa shape index (κ1) is 21.8. The minimum Gasteiger partial charge on any atom is -0.497 e. The van der Waals surface area contributed by atoms with Crippen LogP contribution in [0.4, 0.5) is 0 Å². The maximum absolute atomic E-state index is 13.6. The first-order valence-corrected chi connectivity index (χ1v) is 12.6. The number of pyridine rings is 1. The lowest BCUT2D eigenvalue weighted by Gasteiger charge is -2.42. The second-order valence-electron chi connectivity index (χ2n) is 8.73. The molecule has 1 spiro atoms. The standard InChI is InChI=1S/C24H30N2O4S/c1-30-22-9-7-19(8-10-22)15-21-6-2-3-11-24(21)16-23(27)26(13-14-31(24,28)29)18-20-5-4-12-25-17-20/h4-5,7-10,12,17,21H,2-3,6,11,13-16,18H2,1H3. The molecule has 1 aliphatic carbocycles. The number of hydrogen-bond donors (Lipinski definition) is 0. The number of aromatic nitrogens is 1. The molecule has 6 nitrogen and oxygen atoms in total. The number of amides is 1. The van der Waals surface area contributed by atoms with Gasteiger partial charge in [0, 0.05) is 31.9 Å². The third-order valence-electron chi connectivity index (χ3n) is 6.94. The van der Waals surface area contributed by atoms with Crippen molar-refractivity contribution in [2.75, 3.05) is 19.4 Å². The van der Waals surface area contributed by atoms with Gasteiger partial charge in [-0.15, -0.1) is 0 Å². The molecular formula is C24H30N2O4S. The summed E-state index contributed by atoms with van der Waals surface area (Å²) in [5.41, 5.74) is 2.01. The van der Waals surface area contributed by atoms with Gasteiger partial charge in [-0.2, -0.15) is 0 Å². The fraction of sp³-hybridized carbons (Fsp3) is 0.500. The van der Waals surface area contributed by atoms with Crippen LogP contribution in [-0.2, 0) is 27.6 Å². The van der Waals surface area contributed by atoms with Gasteiger partial charge in [0.25, 0.3) is 0 Å². The summed E-state index contributed by atoms with van der Waals surface area (Å²) < 4.78 is 31.5. The molecule has 7 heteroatoms. The Labute approximate surface area is 184 Å². The van der Waals surface area contributed by atoms with Crippen LogP contribution in [-0.4, -0.2) is 48.4 Å². The van der Waals surface area contributed by atoms with Gasteiger partial charge in [-0.1, -0.05) is 31.0 Å². The minimum atomic E-state index is -3.43. The molecule has 0 bridgehead atoms. The highest BCUT2D eigenvalue weighted by Gasteiger charge is 2.53. The van der Waals surface area contributed by atoms with Crippen molar-refractivity contribution in [3.63, 3.8) is 0 Å². The lowest BCUT2D eigenvalue weighted by Crippen LogP contribution is -2.50. The Balaban J connectivity index is 1.60. The van der Waals surface area contributed by atoms with E-state index in [-0.39, 0.29) is 30.5 Å². The number of benzene rings is 1. The number of carbonyl (C=O) groups is 1. The van der Waals surface area contributed by atoms with Gasteiger partial charge in [0.15, 0.2) is 9.84 Å². The van der Waals surface area contributed by atoms with Gasteiger partial charge in [0.05, 0.1) is 17.6 Å². The van der Waals surface area contributed by atoms with Gasteiger partial charge in [-0.05, 0) is 54.5 Å². The summed E-state index contributed by atoms with van der Waals surface area (Å²) in [6.45, 7) is 0.647. The fourth-order valence-electron chi connectivity index (χ4n) is 5.17. The Morgan fingerprint density at radius 1 is 1.16 bits per heavy atom. The van der Waals surface area contributed by atoms with Crippen molar-refractivity contribution in [2.24, 2.45) is 5.92 Å². The van der Waals surface area contributed by atoms with Crippen LogP contribution in [0.5, 0.6) is 5.75 Å². The smallest absolute Gasteiger partial charge is 0.224 e. The highest BCUT2D eigenvalue weighted by Crippen LogP contribution is 2.46. The van der Waals surface area contributed by atoms with E-state index in [1.807, 2.05) is 36.4 Å². The molecule has 2 aliphatic rings. The Morgan fingerprint density at radius 2 is 1.97 bits per heavy atom. The molecule has 0 N–H and O–H groups in total. The number of rotatable bonds is 5. The molecule has 2 unspecified atom stereocenters. The highest BCUT2D eigenvalue weighted by atomic mass is 32.2. The van der Waals surface area contributed by atoms with Crippen LogP contribution < -0.4 is 4.74 Å². The number of sulfone groups is 1. The number of nitrogens with zero attached hydrogens (tertiary/aromatic N) is 2. The van der Waals surface area contributed by atoms with Crippen LogP contribution in [0.2, 0.25) is 0 Å². The molecule has 1 aliphatic heterocycles. The summed E-state index contributed by atoms with van der Waals surface area (Å²) in [4.78, 5) is 19.1. The van der Waals surface area contributed by atoms with E-state index in [9.17, 15) is 13.2 Å². The molecule has 1 amide bonds. The van der Waals surface area contributed by atoms with Gasteiger partial charge >= 0.3 is 0 Å². The fourth-order valence-corrected chi connectivity index (χ4v) is 7.55. The topological polar surface area (TPSA) is 76.6 Å². The number of methoxy groups -OCH3 is 1. The van der Waals surface area contributed by atoms with Crippen molar-refractivity contribution in [3.05, 3.63) is 59.9 Å². The predicted octanol–water partition coefficient (Wildman–Crippen LogP) is 3.41. The quantitative estimate of drug-likeness (QED) is 0.709. The van der Waals surface area contributed by atoms with Crippen LogP contribution in [0, 0.1) is 5.92 Å². The van der Waals surface area contributed by atoms with E-state index < -0.39 is 14.6 Å². The Kier molecular flexibility index (Phi) is 6.32. The second kappa shape index (κ2) is 8.99. The van der Waals surface area contributed by atoms with Crippen molar-refractivity contribution >= 4 is 15.7 Å². The van der Waals surface area contributed by atoms with E-state index in [1.165, 1.54) is 0 Å². The van der Waals surface area contributed by atoms with Crippen molar-refractivity contribution in [1.82, 2.24) is 9.88 Å². The molecule has 1 saturated heterocycles. The molecular weight excluding hydrogens is 412 g/mol. The molecule has 2 aromatic rings. The third-order valence-corrected chi connectivity index (χ3v) is 9.58. The summed E-state index contributed by atoms with van der Waals surface area (Å²) in [6, 6.07) is 11.6. The lowest BCUT2D eigenvalue weighted by atomic mass is 9.73. The summed E-state index contributed by atoms with van der Waals surface area (Å²) in [6.07, 6.45) is 7.44. The SMILES string of the molecule is COc1ccc(CC2CCCCC23CC(=O)N(Cc2cccnc2)CCS3(=O)=O)cc1. The van der Waals surface area contributed by atoms with Gasteiger partial charge in [-0.25, -0.2) is 8.42 Å². The van der Waals surface area contributed by atoms with Crippen LogP contribution in [0.25, 0.3) is 0 Å². The molecule has 4 rings (SSSR count). The zero-order chi connectivity index (χ0) is 21.9. The first-order chi connectivity index (χ1) is 14.9. The molecule has 0 radical (unpaired) electrons. The summed E-state index contributed by atoms with van der Waals surface area (Å²) in [7, 11) is -1.79. The number of hydrogen-bond acceptors (Lipinski definition) is 5. The average molecular weight is 443 g/mol. The van der Waals surface area contributed by atoms with E-state index in [0.29, 0.717) is 19.4 Å². The molecule has 2 heterocycles. The monoisotopic (exact) mass is 442 g/mol. The zero-order valence-electron chi connectivity index (χ0n) is 18.0. The summed E-state index contributed by atoms with van der Waals surface area (Å²) >= 11 is 0. The van der Waals surface area contributed by atoms with Crippen molar-refractivity contribution in [1.29, 1.82) is 0 Å². The maximum atomic E-state index is 13.6. The molecule has 2 fully saturated rings. The van der Waals surface area contributed by atoms with Gasteiger partial charge in [-0.3, -0.25) is 9.78 Å². The van der Waals surface area contributed by atoms with E-state index in [4.69, 9.17) is 4.74 Å². The van der Waals surface area contributed by atoms with Crippen LogP contribution in [0.3, 0.4) is 0 Å². The number of carbonyl (C=O) groups excluding carboxylic acids is 1. The van der Waals surface area contributed by atoms with Gasteiger partial charge in [0.1, 0.15) is 5.75 Å². The predicted molar refractivity (Wildman–Crippen MR) is 119 cm³/mol. The Hall–Kier alpha value is -2.41. The molecule has 1 aromatic heterocycles. The molecule has 1 aromatic carbocycles. The van der Waals surface area contributed by atoms with Crippen LogP contribution >= 0.6 is 0 Å². The first-order valence-electron chi connectivity index (χ1n) is 11.0. The highest BCUT2D eigenvalue weighted by molar-refractivity contribution is 7.92. The second-order valence-corrected chi connectivity index (χ2v) is 11.2. The van der Waals surface area contributed by atoms with Crippen LogP contribution in [0.15, 0.2) is 48.8 Å². The lowest BCUT2D eigenvalue weighted by molar-refractivity contribution is -0.132. The largest absolute Gasteiger partial charge is 0.497 e. The van der Waals surface area contributed by atoms with E-state index in [1.54, 1.807) is 24.4 Å². The van der Waals surface area contributed by atoms with Crippen molar-refractivity contribution in [2.45, 2.75) is 49.8 Å². The van der Waals surface area contributed by atoms with Gasteiger partial charge < -0.3 is 9.64 Å². The normalized spacial score (nSPS) is 25.9. The Bertz CT molecular complexity index is 1010. The Morgan fingerprint density at radius 3 is 2.68 bits per heavy atom. The molecule has 2 atom stereocenters. The van der Waals surface area contributed by atoms with Crippen molar-refractivity contribution < 1.29 is 17.9 Å². The van der Waals surface area contributed by atoms with E-state index >= 15 is 0 Å². The zero-order valence-corrected chi connectivity index (χ0v) is 18.8. The molecule has 31 heavy (non-hydrogen) atoms. The van der Waals surface area contributed by atoms with Crippen molar-refractivity contribution in [3.8, 4) is 5.75 Å². The average Bonchev–Trinajstić information content (AvgIpc) is 2.87. The number of ether oxygens (including phenoxy) is 1. The minimum absolute atomic E-state index is 0.0259. The van der Waals surface area contributed by atoms with E-state index in [2.05, 4.69) is 4.98 Å². The van der Waals surface area contributed by atoms with E-state index in [0.717, 1.165) is 36.1 Å². The summed E-state index contributed by atoms with van der Waals surface area (Å²) in [5.74, 6) is 0.692. The van der Waals surface area contributed by atoms with Crippen LogP contribution in [0.1, 0.15) is 43.2 Å². The van der Waals surface area contributed by atoms with Gasteiger partial charge in [0.2, 0.25) is 5.91 Å². The summed E-state index contributed by atoms with van der Waals surface area (Å²) in [5, 5.41) is 0. The maximum Gasteiger partial charge on any atom is 0.224 e.